The van der Waals surface area contributed by atoms with Crippen LogP contribution in [-0.4, -0.2) is 82.9 Å². The number of rotatable bonds is 8. The Hall–Kier alpha value is -2.75. The summed E-state index contributed by atoms with van der Waals surface area (Å²) >= 11 is 0. The third-order valence-corrected chi connectivity index (χ3v) is 5.34. The molecule has 30 heavy (non-hydrogen) atoms. The number of imidazole rings is 1. The summed E-state index contributed by atoms with van der Waals surface area (Å²) in [6, 6.07) is 8.92. The number of benzene rings is 1. The molecule has 1 aromatic carbocycles. The smallest absolute Gasteiger partial charge is 0.320 e. The first kappa shape index (κ1) is 20.5. The molecule has 0 amide bonds. The molecule has 0 spiro atoms. The van der Waals surface area contributed by atoms with Crippen LogP contribution in [0.15, 0.2) is 30.6 Å². The zero-order valence-corrected chi connectivity index (χ0v) is 17.6. The van der Waals surface area contributed by atoms with Gasteiger partial charge in [0.05, 0.1) is 19.5 Å². The minimum atomic E-state index is 0.239. The molecule has 0 atom stereocenters. The summed E-state index contributed by atoms with van der Waals surface area (Å²) in [5, 5.41) is 0. The summed E-state index contributed by atoms with van der Waals surface area (Å²) in [4.78, 5) is 18.0. The van der Waals surface area contributed by atoms with Crippen LogP contribution in [0.2, 0.25) is 0 Å². The van der Waals surface area contributed by atoms with Crippen molar-refractivity contribution >= 4 is 17.0 Å². The Morgan fingerprint density at radius 1 is 1.03 bits per heavy atom. The minimum absolute atomic E-state index is 0.239. The van der Waals surface area contributed by atoms with Gasteiger partial charge < -0.3 is 24.7 Å². The standard InChI is InChI=1S/C21H29N7O2/c1-26-6-8-27(9-7-26)13-16-4-3-5-17(12-16)14-28-15-23-18-19(22)24-21(25-20(18)28)30-11-10-29-2/h3-5,12,15H,6-11,13-14H2,1-2H3,(H2,22,24,25). The van der Waals surface area contributed by atoms with Crippen LogP contribution in [0.3, 0.4) is 0 Å². The molecule has 0 saturated carbocycles. The van der Waals surface area contributed by atoms with E-state index in [2.05, 4.69) is 56.1 Å². The third kappa shape index (κ3) is 4.86. The molecule has 3 heterocycles. The summed E-state index contributed by atoms with van der Waals surface area (Å²) in [7, 11) is 3.80. The number of anilines is 1. The molecule has 2 aromatic heterocycles. The number of nitrogens with two attached hydrogens (primary N) is 1. The van der Waals surface area contributed by atoms with Crippen molar-refractivity contribution in [2.75, 3.05) is 59.3 Å². The number of hydrogen-bond acceptors (Lipinski definition) is 8. The second kappa shape index (κ2) is 9.38. The number of nitrogens with zero attached hydrogens (tertiary/aromatic N) is 6. The molecule has 2 N–H and O–H groups in total. The van der Waals surface area contributed by atoms with E-state index in [1.165, 1.54) is 11.1 Å². The van der Waals surface area contributed by atoms with Gasteiger partial charge in [-0.25, -0.2) is 4.98 Å². The number of piperazine rings is 1. The van der Waals surface area contributed by atoms with Crippen LogP contribution in [0.25, 0.3) is 11.2 Å². The maximum absolute atomic E-state index is 6.06. The zero-order valence-electron chi connectivity index (χ0n) is 17.6. The van der Waals surface area contributed by atoms with Gasteiger partial charge in [0.25, 0.3) is 0 Å². The predicted octanol–water partition coefficient (Wildman–Crippen LogP) is 1.23. The van der Waals surface area contributed by atoms with Gasteiger partial charge in [0.2, 0.25) is 0 Å². The van der Waals surface area contributed by atoms with Gasteiger partial charge in [0, 0.05) is 39.8 Å². The molecule has 1 fully saturated rings. The first-order chi connectivity index (χ1) is 14.6. The molecule has 0 aliphatic carbocycles. The highest BCUT2D eigenvalue weighted by molar-refractivity contribution is 5.81. The van der Waals surface area contributed by atoms with Gasteiger partial charge in [-0.1, -0.05) is 24.3 Å². The highest BCUT2D eigenvalue weighted by Gasteiger charge is 2.15. The van der Waals surface area contributed by atoms with Gasteiger partial charge in [0.15, 0.2) is 17.0 Å². The van der Waals surface area contributed by atoms with Gasteiger partial charge >= 0.3 is 6.01 Å². The molecule has 4 rings (SSSR count). The van der Waals surface area contributed by atoms with Crippen LogP contribution < -0.4 is 10.5 Å². The molecule has 9 nitrogen and oxygen atoms in total. The maximum atomic E-state index is 6.06. The van der Waals surface area contributed by atoms with Crippen LogP contribution >= 0.6 is 0 Å². The quantitative estimate of drug-likeness (QED) is 0.553. The molecular weight excluding hydrogens is 382 g/mol. The first-order valence-corrected chi connectivity index (χ1v) is 10.2. The van der Waals surface area contributed by atoms with Gasteiger partial charge in [-0.2, -0.15) is 9.97 Å². The molecule has 160 valence electrons. The average molecular weight is 412 g/mol. The summed E-state index contributed by atoms with van der Waals surface area (Å²) in [5.41, 5.74) is 9.82. The van der Waals surface area contributed by atoms with Crippen LogP contribution in [0.5, 0.6) is 6.01 Å². The van der Waals surface area contributed by atoms with Gasteiger partial charge in [-0.3, -0.25) is 4.90 Å². The Bertz CT molecular complexity index is 983. The number of hydrogen-bond donors (Lipinski definition) is 1. The Kier molecular flexibility index (Phi) is 6.41. The van der Waals surface area contributed by atoms with Gasteiger partial charge in [0.1, 0.15) is 6.61 Å². The molecule has 0 bridgehead atoms. The Morgan fingerprint density at radius 3 is 2.57 bits per heavy atom. The molecule has 1 aliphatic heterocycles. The number of ether oxygens (including phenoxy) is 2. The molecule has 9 heteroatoms. The lowest BCUT2D eigenvalue weighted by molar-refractivity contribution is 0.141. The highest BCUT2D eigenvalue weighted by atomic mass is 16.5. The maximum Gasteiger partial charge on any atom is 0.320 e. The molecular formula is C21H29N7O2. The Balaban J connectivity index is 1.49. The normalized spacial score (nSPS) is 15.7. The summed E-state index contributed by atoms with van der Waals surface area (Å²) in [5.74, 6) is 0.315. The summed E-state index contributed by atoms with van der Waals surface area (Å²) in [6.07, 6.45) is 1.75. The first-order valence-electron chi connectivity index (χ1n) is 10.2. The van der Waals surface area contributed by atoms with Crippen LogP contribution in [0.1, 0.15) is 11.1 Å². The SMILES string of the molecule is COCCOc1nc(N)c2ncn(Cc3cccc(CN4CCN(C)CC4)c3)c2n1. The van der Waals surface area contributed by atoms with Crippen molar-refractivity contribution in [1.29, 1.82) is 0 Å². The van der Waals surface area contributed by atoms with E-state index in [0.717, 1.165) is 32.7 Å². The van der Waals surface area contributed by atoms with E-state index in [9.17, 15) is 0 Å². The predicted molar refractivity (Wildman–Crippen MR) is 115 cm³/mol. The van der Waals surface area contributed by atoms with Crippen molar-refractivity contribution in [3.05, 3.63) is 41.7 Å². The number of likely N-dealkylation sites (N-methyl/N-ethyl adjacent to an activating group) is 1. The van der Waals surface area contributed by atoms with Crippen molar-refractivity contribution in [1.82, 2.24) is 29.3 Å². The summed E-state index contributed by atoms with van der Waals surface area (Å²) in [6.45, 7) is 6.90. The van der Waals surface area contributed by atoms with E-state index in [0.29, 0.717) is 36.7 Å². The second-order valence-corrected chi connectivity index (χ2v) is 7.68. The van der Waals surface area contributed by atoms with E-state index in [1.54, 1.807) is 13.4 Å². The Labute approximate surface area is 176 Å². The van der Waals surface area contributed by atoms with Crippen molar-refractivity contribution in [2.45, 2.75) is 13.1 Å². The van der Waals surface area contributed by atoms with Crippen LogP contribution in [0.4, 0.5) is 5.82 Å². The highest BCUT2D eigenvalue weighted by Crippen LogP contribution is 2.21. The summed E-state index contributed by atoms with van der Waals surface area (Å²) < 4.78 is 12.5. The number of nitrogen functional groups attached to an aromatic ring is 1. The largest absolute Gasteiger partial charge is 0.461 e. The number of aromatic nitrogens is 4. The van der Waals surface area contributed by atoms with E-state index in [-0.39, 0.29) is 6.01 Å². The van der Waals surface area contributed by atoms with E-state index in [1.807, 2.05) is 4.57 Å². The topological polar surface area (TPSA) is 94.6 Å². The van der Waals surface area contributed by atoms with Crippen molar-refractivity contribution < 1.29 is 9.47 Å². The fraction of sp³-hybridized carbons (Fsp3) is 0.476. The lowest BCUT2D eigenvalue weighted by Gasteiger charge is -2.32. The van der Waals surface area contributed by atoms with Crippen molar-refractivity contribution in [3.8, 4) is 6.01 Å². The Morgan fingerprint density at radius 2 is 1.80 bits per heavy atom. The second-order valence-electron chi connectivity index (χ2n) is 7.68. The molecule has 1 aliphatic rings. The van der Waals surface area contributed by atoms with Gasteiger partial charge in [-0.05, 0) is 18.2 Å². The van der Waals surface area contributed by atoms with Crippen molar-refractivity contribution in [3.63, 3.8) is 0 Å². The van der Waals surface area contributed by atoms with Crippen LogP contribution in [0, 0.1) is 0 Å². The fourth-order valence-electron chi connectivity index (χ4n) is 3.63. The number of fused-ring (bicyclic) bond motifs is 1. The van der Waals surface area contributed by atoms with Crippen LogP contribution in [-0.2, 0) is 17.8 Å². The number of methoxy groups -OCH3 is 1. The van der Waals surface area contributed by atoms with Crippen molar-refractivity contribution in [2.24, 2.45) is 0 Å². The van der Waals surface area contributed by atoms with E-state index in [4.69, 9.17) is 15.2 Å². The zero-order chi connectivity index (χ0) is 20.9. The average Bonchev–Trinajstić information content (AvgIpc) is 3.13. The molecule has 1 saturated heterocycles. The molecule has 0 unspecified atom stereocenters. The molecule has 3 aromatic rings. The lowest BCUT2D eigenvalue weighted by atomic mass is 10.1. The molecule has 0 radical (unpaired) electrons. The van der Waals surface area contributed by atoms with E-state index >= 15 is 0 Å². The lowest BCUT2D eigenvalue weighted by Crippen LogP contribution is -2.43. The van der Waals surface area contributed by atoms with Gasteiger partial charge in [-0.15, -0.1) is 0 Å². The third-order valence-electron chi connectivity index (χ3n) is 5.34. The monoisotopic (exact) mass is 411 g/mol. The minimum Gasteiger partial charge on any atom is -0.461 e. The fourth-order valence-corrected chi connectivity index (χ4v) is 3.63. The van der Waals surface area contributed by atoms with E-state index < -0.39 is 0 Å².